The van der Waals surface area contributed by atoms with Crippen molar-refractivity contribution >= 4 is 11.8 Å². The van der Waals surface area contributed by atoms with Crippen LogP contribution in [0.5, 0.6) is 0 Å². The van der Waals surface area contributed by atoms with Gasteiger partial charge in [-0.3, -0.25) is 14.3 Å². The minimum atomic E-state index is -0.400. The third kappa shape index (κ3) is 5.18. The predicted octanol–water partition coefficient (Wildman–Crippen LogP) is -0.354. The van der Waals surface area contributed by atoms with Gasteiger partial charge in [0, 0.05) is 25.0 Å². The van der Waals surface area contributed by atoms with E-state index in [1.165, 1.54) is 0 Å². The molecule has 0 spiro atoms. The Kier molecular flexibility index (Phi) is 5.74. The van der Waals surface area contributed by atoms with Crippen molar-refractivity contribution in [2.45, 2.75) is 44.8 Å². The van der Waals surface area contributed by atoms with E-state index in [4.69, 9.17) is 0 Å². The summed E-state index contributed by atoms with van der Waals surface area (Å²) in [5.74, 6) is -0.227. The number of rotatable bonds is 6. The molecule has 0 saturated carbocycles. The van der Waals surface area contributed by atoms with Crippen LogP contribution >= 0.6 is 0 Å². The number of nitrogens with one attached hydrogen (secondary N) is 3. The van der Waals surface area contributed by atoms with Gasteiger partial charge >= 0.3 is 0 Å². The zero-order chi connectivity index (χ0) is 15.1. The van der Waals surface area contributed by atoms with Crippen LogP contribution in [0, 0.1) is 0 Å². The molecule has 1 fully saturated rings. The first-order chi connectivity index (χ1) is 10.1. The summed E-state index contributed by atoms with van der Waals surface area (Å²) in [7, 11) is 0. The molecule has 21 heavy (non-hydrogen) atoms. The fourth-order valence-corrected chi connectivity index (χ4v) is 2.34. The Bertz CT molecular complexity index is 460. The quantitative estimate of drug-likeness (QED) is 0.669. The Labute approximate surface area is 124 Å². The third-order valence-corrected chi connectivity index (χ3v) is 3.50. The second-order valence-corrected chi connectivity index (χ2v) is 5.42. The van der Waals surface area contributed by atoms with Crippen molar-refractivity contribution in [3.63, 3.8) is 0 Å². The number of nitrogens with zero attached hydrogens (tertiary/aromatic N) is 2. The van der Waals surface area contributed by atoms with Gasteiger partial charge in [0.2, 0.25) is 11.8 Å². The molecule has 2 heterocycles. The number of hydrogen-bond donors (Lipinski definition) is 3. The van der Waals surface area contributed by atoms with Gasteiger partial charge in [-0.1, -0.05) is 0 Å². The Hall–Kier alpha value is -1.89. The standard InChI is InChI=1S/C14H23N5O2/c1-11(10-19-8-4-7-17-19)16-9-13(20)18-12-5-2-3-6-15-14(12)21/h4,7-8,11-12,16H,2-3,5-6,9-10H2,1H3,(H,15,21)(H,18,20)/t11-,12+/m1/s1. The molecule has 7 nitrogen and oxygen atoms in total. The molecular formula is C14H23N5O2. The molecule has 116 valence electrons. The molecule has 2 rings (SSSR count). The lowest BCUT2D eigenvalue weighted by Gasteiger charge is -2.17. The zero-order valence-electron chi connectivity index (χ0n) is 12.3. The van der Waals surface area contributed by atoms with E-state index < -0.39 is 6.04 Å². The highest BCUT2D eigenvalue weighted by Gasteiger charge is 2.22. The maximum absolute atomic E-state index is 11.9. The Morgan fingerprint density at radius 3 is 3.19 bits per heavy atom. The van der Waals surface area contributed by atoms with Crippen LogP contribution in [0.25, 0.3) is 0 Å². The fourth-order valence-electron chi connectivity index (χ4n) is 2.34. The molecule has 1 aliphatic heterocycles. The van der Waals surface area contributed by atoms with Gasteiger partial charge in [0.1, 0.15) is 6.04 Å². The molecule has 1 saturated heterocycles. The molecule has 0 unspecified atom stereocenters. The van der Waals surface area contributed by atoms with Crippen molar-refractivity contribution in [3.8, 4) is 0 Å². The van der Waals surface area contributed by atoms with E-state index in [2.05, 4.69) is 21.0 Å². The van der Waals surface area contributed by atoms with Crippen molar-refractivity contribution in [3.05, 3.63) is 18.5 Å². The van der Waals surface area contributed by atoms with E-state index >= 15 is 0 Å². The molecule has 2 amide bonds. The molecule has 0 aromatic carbocycles. The van der Waals surface area contributed by atoms with E-state index in [0.29, 0.717) is 19.5 Å². The summed E-state index contributed by atoms with van der Waals surface area (Å²) in [5, 5.41) is 12.9. The molecule has 0 radical (unpaired) electrons. The van der Waals surface area contributed by atoms with Gasteiger partial charge in [-0.15, -0.1) is 0 Å². The number of carbonyl (C=O) groups excluding carboxylic acids is 2. The molecule has 3 N–H and O–H groups in total. The van der Waals surface area contributed by atoms with Gasteiger partial charge in [-0.25, -0.2) is 0 Å². The highest BCUT2D eigenvalue weighted by atomic mass is 16.2. The zero-order valence-corrected chi connectivity index (χ0v) is 12.3. The average molecular weight is 293 g/mol. The first-order valence-electron chi connectivity index (χ1n) is 7.43. The van der Waals surface area contributed by atoms with Gasteiger partial charge in [0.05, 0.1) is 13.1 Å². The lowest BCUT2D eigenvalue weighted by atomic mass is 10.1. The third-order valence-electron chi connectivity index (χ3n) is 3.50. The summed E-state index contributed by atoms with van der Waals surface area (Å²) in [6, 6.07) is 1.59. The summed E-state index contributed by atoms with van der Waals surface area (Å²) >= 11 is 0. The maximum Gasteiger partial charge on any atom is 0.242 e. The van der Waals surface area contributed by atoms with E-state index in [1.54, 1.807) is 6.20 Å². The van der Waals surface area contributed by atoms with Crippen LogP contribution < -0.4 is 16.0 Å². The van der Waals surface area contributed by atoms with E-state index in [9.17, 15) is 9.59 Å². The van der Waals surface area contributed by atoms with Crippen LogP contribution in [0.15, 0.2) is 18.5 Å². The SMILES string of the molecule is C[C@H](Cn1cccn1)NCC(=O)N[C@H]1CCCCNC1=O. The highest BCUT2D eigenvalue weighted by Crippen LogP contribution is 2.04. The van der Waals surface area contributed by atoms with Crippen molar-refractivity contribution in [2.24, 2.45) is 0 Å². The van der Waals surface area contributed by atoms with Crippen molar-refractivity contribution < 1.29 is 9.59 Å². The van der Waals surface area contributed by atoms with Crippen LogP contribution in [-0.4, -0.2) is 46.8 Å². The fraction of sp³-hybridized carbons (Fsp3) is 0.643. The first-order valence-corrected chi connectivity index (χ1v) is 7.43. The summed E-state index contributed by atoms with van der Waals surface area (Å²) in [6.07, 6.45) is 6.24. The number of aromatic nitrogens is 2. The van der Waals surface area contributed by atoms with Crippen molar-refractivity contribution in [1.82, 2.24) is 25.7 Å². The van der Waals surface area contributed by atoms with E-state index in [0.717, 1.165) is 12.8 Å². The Morgan fingerprint density at radius 1 is 1.57 bits per heavy atom. The topological polar surface area (TPSA) is 88.1 Å². The summed E-state index contributed by atoms with van der Waals surface area (Å²) < 4.78 is 1.81. The van der Waals surface area contributed by atoms with Gasteiger partial charge < -0.3 is 16.0 Å². The molecular weight excluding hydrogens is 270 g/mol. The second-order valence-electron chi connectivity index (χ2n) is 5.42. The molecule has 1 aliphatic rings. The summed E-state index contributed by atoms with van der Waals surface area (Å²) in [6.45, 7) is 3.59. The maximum atomic E-state index is 11.9. The van der Waals surface area contributed by atoms with Crippen molar-refractivity contribution in [1.29, 1.82) is 0 Å². The van der Waals surface area contributed by atoms with Crippen LogP contribution in [0.2, 0.25) is 0 Å². The van der Waals surface area contributed by atoms with Crippen LogP contribution in [-0.2, 0) is 16.1 Å². The average Bonchev–Trinajstić information content (AvgIpc) is 2.88. The van der Waals surface area contributed by atoms with E-state index in [1.807, 2.05) is 23.9 Å². The first kappa shape index (κ1) is 15.5. The second kappa shape index (κ2) is 7.78. The number of hydrogen-bond acceptors (Lipinski definition) is 4. The van der Waals surface area contributed by atoms with E-state index in [-0.39, 0.29) is 24.4 Å². The van der Waals surface area contributed by atoms with Gasteiger partial charge in [-0.2, -0.15) is 5.10 Å². The Morgan fingerprint density at radius 2 is 2.43 bits per heavy atom. The number of amides is 2. The minimum absolute atomic E-state index is 0.0783. The molecule has 7 heteroatoms. The highest BCUT2D eigenvalue weighted by molar-refractivity contribution is 5.88. The minimum Gasteiger partial charge on any atom is -0.354 e. The largest absolute Gasteiger partial charge is 0.354 e. The monoisotopic (exact) mass is 293 g/mol. The molecule has 1 aromatic rings. The lowest BCUT2D eigenvalue weighted by molar-refractivity contribution is -0.128. The predicted molar refractivity (Wildman–Crippen MR) is 78.5 cm³/mol. The Balaban J connectivity index is 1.70. The number of carbonyl (C=O) groups is 2. The van der Waals surface area contributed by atoms with Gasteiger partial charge in [-0.05, 0) is 32.3 Å². The smallest absolute Gasteiger partial charge is 0.242 e. The molecule has 1 aromatic heterocycles. The van der Waals surface area contributed by atoms with Crippen LogP contribution in [0.1, 0.15) is 26.2 Å². The van der Waals surface area contributed by atoms with Crippen LogP contribution in [0.3, 0.4) is 0 Å². The lowest BCUT2D eigenvalue weighted by Crippen LogP contribution is -2.49. The normalized spacial score (nSPS) is 20.4. The van der Waals surface area contributed by atoms with Gasteiger partial charge in [0.15, 0.2) is 0 Å². The summed E-state index contributed by atoms with van der Waals surface area (Å²) in [4.78, 5) is 23.6. The van der Waals surface area contributed by atoms with Crippen LogP contribution in [0.4, 0.5) is 0 Å². The molecule has 0 aliphatic carbocycles. The molecule has 0 bridgehead atoms. The van der Waals surface area contributed by atoms with Gasteiger partial charge in [0.25, 0.3) is 0 Å². The summed E-state index contributed by atoms with van der Waals surface area (Å²) in [5.41, 5.74) is 0. The molecule has 2 atom stereocenters. The van der Waals surface area contributed by atoms with Crippen molar-refractivity contribution in [2.75, 3.05) is 13.1 Å².